The van der Waals surface area contributed by atoms with Gasteiger partial charge in [-0.3, -0.25) is 14.5 Å². The highest BCUT2D eigenvalue weighted by molar-refractivity contribution is 7.16. The molecule has 0 atom stereocenters. The van der Waals surface area contributed by atoms with Gasteiger partial charge in [0.2, 0.25) is 5.91 Å². The van der Waals surface area contributed by atoms with Crippen molar-refractivity contribution in [2.45, 2.75) is 19.4 Å². The molecule has 3 heterocycles. The summed E-state index contributed by atoms with van der Waals surface area (Å²) in [6.45, 7) is 1.43. The van der Waals surface area contributed by atoms with Crippen LogP contribution in [0, 0.1) is 0 Å². The molecule has 0 bridgehead atoms. The van der Waals surface area contributed by atoms with Crippen LogP contribution in [0.15, 0.2) is 0 Å². The van der Waals surface area contributed by atoms with Gasteiger partial charge >= 0.3 is 0 Å². The first-order chi connectivity index (χ1) is 7.74. The quantitative estimate of drug-likeness (QED) is 0.669. The number of hydrogen-bond donors (Lipinski definition) is 0. The lowest BCUT2D eigenvalue weighted by Gasteiger charge is -2.09. The minimum absolute atomic E-state index is 0.0146. The summed E-state index contributed by atoms with van der Waals surface area (Å²) in [4.78, 5) is 29.7. The Kier molecular flexibility index (Phi) is 2.26. The van der Waals surface area contributed by atoms with E-state index in [0.717, 1.165) is 17.0 Å². The highest BCUT2D eigenvalue weighted by atomic mass is 32.1. The van der Waals surface area contributed by atoms with E-state index in [-0.39, 0.29) is 24.7 Å². The van der Waals surface area contributed by atoms with Crippen molar-refractivity contribution >= 4 is 28.2 Å². The number of Topliss-reactive ketones (excluding diaryl/α,β-unsaturated/α-hetero) is 1. The zero-order valence-electron chi connectivity index (χ0n) is 8.56. The maximum atomic E-state index is 11.5. The Balaban J connectivity index is 1.92. The lowest BCUT2D eigenvalue weighted by molar-refractivity contribution is -0.121. The predicted molar refractivity (Wildman–Crippen MR) is 57.5 cm³/mol. The van der Waals surface area contributed by atoms with Crippen LogP contribution in [0.25, 0.3) is 0 Å². The highest BCUT2D eigenvalue weighted by Gasteiger charge is 2.31. The van der Waals surface area contributed by atoms with Gasteiger partial charge in [0.15, 0.2) is 10.9 Å². The van der Waals surface area contributed by atoms with E-state index in [4.69, 9.17) is 4.74 Å². The average Bonchev–Trinajstić information content (AvgIpc) is 2.81. The van der Waals surface area contributed by atoms with E-state index < -0.39 is 0 Å². The molecule has 5 nitrogen and oxygen atoms in total. The first-order valence-corrected chi connectivity index (χ1v) is 5.94. The van der Waals surface area contributed by atoms with Gasteiger partial charge in [-0.15, -0.1) is 0 Å². The number of anilines is 1. The monoisotopic (exact) mass is 238 g/mol. The summed E-state index contributed by atoms with van der Waals surface area (Å²) in [7, 11) is 0. The van der Waals surface area contributed by atoms with Gasteiger partial charge in [0.05, 0.1) is 36.8 Å². The molecule has 0 spiro atoms. The number of ketones is 1. The van der Waals surface area contributed by atoms with Crippen molar-refractivity contribution in [1.82, 2.24) is 4.98 Å². The van der Waals surface area contributed by atoms with E-state index in [2.05, 4.69) is 4.98 Å². The Morgan fingerprint density at radius 1 is 1.38 bits per heavy atom. The number of aromatic nitrogens is 1. The van der Waals surface area contributed by atoms with Crippen LogP contribution in [-0.2, 0) is 27.4 Å². The smallest absolute Gasteiger partial charge is 0.236 e. The van der Waals surface area contributed by atoms with Crippen LogP contribution in [0.2, 0.25) is 0 Å². The van der Waals surface area contributed by atoms with Gasteiger partial charge in [0.1, 0.15) is 0 Å². The topological polar surface area (TPSA) is 59.5 Å². The molecule has 1 aromatic rings. The van der Waals surface area contributed by atoms with Crippen molar-refractivity contribution in [1.29, 1.82) is 0 Å². The Bertz CT molecular complexity index is 445. The van der Waals surface area contributed by atoms with Crippen molar-refractivity contribution in [3.8, 4) is 0 Å². The van der Waals surface area contributed by atoms with E-state index in [1.54, 1.807) is 0 Å². The van der Waals surface area contributed by atoms with Gasteiger partial charge in [0, 0.05) is 6.42 Å². The molecule has 0 saturated carbocycles. The van der Waals surface area contributed by atoms with Crippen molar-refractivity contribution in [2.75, 3.05) is 18.1 Å². The second kappa shape index (κ2) is 3.64. The molecule has 1 saturated heterocycles. The maximum absolute atomic E-state index is 11.5. The van der Waals surface area contributed by atoms with Crippen LogP contribution in [0.1, 0.15) is 17.0 Å². The zero-order valence-corrected chi connectivity index (χ0v) is 9.38. The first-order valence-electron chi connectivity index (χ1n) is 5.12. The molecule has 84 valence electrons. The number of thiazole rings is 1. The molecule has 6 heteroatoms. The van der Waals surface area contributed by atoms with Crippen molar-refractivity contribution < 1.29 is 14.3 Å². The fourth-order valence-electron chi connectivity index (χ4n) is 1.89. The van der Waals surface area contributed by atoms with Crippen molar-refractivity contribution in [3.05, 3.63) is 10.6 Å². The first kappa shape index (κ1) is 9.92. The maximum Gasteiger partial charge on any atom is 0.236 e. The van der Waals surface area contributed by atoms with Crippen molar-refractivity contribution in [3.63, 3.8) is 0 Å². The number of carbonyl (C=O) groups is 2. The number of ether oxygens (including phenoxy) is 1. The van der Waals surface area contributed by atoms with E-state index in [9.17, 15) is 9.59 Å². The lowest BCUT2D eigenvalue weighted by atomic mass is 10.2. The van der Waals surface area contributed by atoms with Gasteiger partial charge in [-0.05, 0) is 0 Å². The number of rotatable bonds is 1. The minimum atomic E-state index is -0.142. The summed E-state index contributed by atoms with van der Waals surface area (Å²) in [5.74, 6) is -0.175. The molecule has 1 fully saturated rings. The molecule has 0 unspecified atom stereocenters. The van der Waals surface area contributed by atoms with Gasteiger partial charge < -0.3 is 4.74 Å². The van der Waals surface area contributed by atoms with E-state index in [1.807, 2.05) is 0 Å². The van der Waals surface area contributed by atoms with Crippen LogP contribution >= 0.6 is 11.3 Å². The molecule has 0 aliphatic carbocycles. The molecular weight excluding hydrogens is 228 g/mol. The molecule has 2 aliphatic heterocycles. The minimum Gasteiger partial charge on any atom is -0.375 e. The van der Waals surface area contributed by atoms with E-state index in [0.29, 0.717) is 18.3 Å². The summed E-state index contributed by atoms with van der Waals surface area (Å²) in [5, 5.41) is 0.645. The zero-order chi connectivity index (χ0) is 11.1. The number of amides is 1. The molecule has 2 aliphatic rings. The predicted octanol–water partition coefficient (Wildman–Crippen LogP) is 0.522. The second-order valence-corrected chi connectivity index (χ2v) is 4.93. The number of hydrogen-bond acceptors (Lipinski definition) is 5. The molecule has 16 heavy (non-hydrogen) atoms. The molecule has 1 aromatic heterocycles. The van der Waals surface area contributed by atoms with Crippen LogP contribution in [-0.4, -0.2) is 29.8 Å². The molecule has 0 radical (unpaired) electrons. The summed E-state index contributed by atoms with van der Waals surface area (Å²) < 4.78 is 5.32. The second-order valence-electron chi connectivity index (χ2n) is 3.86. The Morgan fingerprint density at radius 3 is 2.94 bits per heavy atom. The molecule has 3 rings (SSSR count). The van der Waals surface area contributed by atoms with Gasteiger partial charge in [-0.2, -0.15) is 0 Å². The van der Waals surface area contributed by atoms with Crippen LogP contribution in [0.3, 0.4) is 0 Å². The molecule has 1 amide bonds. The normalized spacial score (nSPS) is 20.4. The molecule has 0 N–H and O–H groups in total. The Hall–Kier alpha value is -1.27. The van der Waals surface area contributed by atoms with Crippen LogP contribution in [0.5, 0.6) is 0 Å². The molecular formula is C10H10N2O3S. The standard InChI is InChI=1S/C10H10N2O3S/c13-6-3-9(14)12(4-6)10-11-7-1-2-15-5-8(7)16-10/h1-5H2. The van der Waals surface area contributed by atoms with E-state index in [1.165, 1.54) is 16.2 Å². The largest absolute Gasteiger partial charge is 0.375 e. The highest BCUT2D eigenvalue weighted by Crippen LogP contribution is 2.31. The number of carbonyl (C=O) groups excluding carboxylic acids is 2. The Morgan fingerprint density at radius 2 is 2.25 bits per heavy atom. The number of fused-ring (bicyclic) bond motifs is 1. The van der Waals surface area contributed by atoms with Gasteiger partial charge in [0.25, 0.3) is 0 Å². The average molecular weight is 238 g/mol. The van der Waals surface area contributed by atoms with Crippen molar-refractivity contribution in [2.24, 2.45) is 0 Å². The summed E-state index contributed by atoms with van der Waals surface area (Å²) >= 11 is 1.46. The Labute approximate surface area is 96.0 Å². The fourth-order valence-corrected chi connectivity index (χ4v) is 2.95. The fraction of sp³-hybridized carbons (Fsp3) is 0.500. The SMILES string of the molecule is O=C1CC(=O)N(c2nc3c(s2)COCC3)C1. The third-order valence-corrected chi connectivity index (χ3v) is 3.79. The lowest BCUT2D eigenvalue weighted by Crippen LogP contribution is -2.24. The van der Waals surface area contributed by atoms with Crippen LogP contribution in [0.4, 0.5) is 5.13 Å². The summed E-state index contributed by atoms with van der Waals surface area (Å²) in [5.41, 5.74) is 1.01. The van der Waals surface area contributed by atoms with Gasteiger partial charge in [-0.1, -0.05) is 11.3 Å². The summed E-state index contributed by atoms with van der Waals surface area (Å²) in [6.07, 6.45) is 0.808. The van der Waals surface area contributed by atoms with Crippen LogP contribution < -0.4 is 4.90 Å². The molecule has 0 aromatic carbocycles. The third-order valence-electron chi connectivity index (χ3n) is 2.70. The summed E-state index contributed by atoms with van der Waals surface area (Å²) in [6, 6.07) is 0. The number of nitrogens with zero attached hydrogens (tertiary/aromatic N) is 2. The third kappa shape index (κ3) is 1.54. The van der Waals surface area contributed by atoms with Gasteiger partial charge in [-0.25, -0.2) is 4.98 Å². The van der Waals surface area contributed by atoms with E-state index >= 15 is 0 Å².